The van der Waals surface area contributed by atoms with Crippen molar-refractivity contribution in [2.24, 2.45) is 10.2 Å². The van der Waals surface area contributed by atoms with Crippen LogP contribution < -0.4 is 20.3 Å². The predicted octanol–water partition coefficient (Wildman–Crippen LogP) is 5.66. The van der Waals surface area contributed by atoms with E-state index in [1.165, 1.54) is 0 Å². The molecule has 0 aromatic heterocycles. The van der Waals surface area contributed by atoms with E-state index in [1.54, 1.807) is 26.6 Å². The summed E-state index contributed by atoms with van der Waals surface area (Å²) in [5.41, 5.74) is 6.57. The van der Waals surface area contributed by atoms with E-state index in [2.05, 4.69) is 84.8 Å². The number of hydrogen-bond donors (Lipinski definition) is 3. The van der Waals surface area contributed by atoms with Crippen molar-refractivity contribution in [3.05, 3.63) is 53.3 Å². The third-order valence-electron chi connectivity index (χ3n) is 3.24. The van der Waals surface area contributed by atoms with E-state index in [4.69, 9.17) is 14.9 Å². The molecule has 7 nitrogen and oxygen atoms in total. The lowest BCUT2D eigenvalue weighted by atomic mass is 10.2. The van der Waals surface area contributed by atoms with Gasteiger partial charge in [-0.3, -0.25) is 5.41 Å². The number of nitrogens with zero attached hydrogens (tertiary/aromatic N) is 2. The SMILES string of the molecule is COc1c(Br)cc(Br)cc1C=NNC(=N)NN=Cc1cc(Br)cc(Br)c1OC.Cl. The minimum atomic E-state index is -0.103. The van der Waals surface area contributed by atoms with Crippen molar-refractivity contribution >= 4 is 94.5 Å². The molecule has 0 unspecified atom stereocenters. The van der Waals surface area contributed by atoms with Gasteiger partial charge in [-0.25, -0.2) is 10.9 Å². The highest BCUT2D eigenvalue weighted by Crippen LogP contribution is 2.32. The highest BCUT2D eigenvalue weighted by atomic mass is 79.9. The largest absolute Gasteiger partial charge is 0.495 e. The van der Waals surface area contributed by atoms with Gasteiger partial charge in [-0.15, -0.1) is 12.4 Å². The fourth-order valence-electron chi connectivity index (χ4n) is 2.14. The number of nitrogens with one attached hydrogen (secondary N) is 3. The lowest BCUT2D eigenvalue weighted by Gasteiger charge is -2.08. The molecule has 0 aliphatic carbocycles. The average Bonchev–Trinajstić information content (AvgIpc) is 2.61. The number of guanidine groups is 1. The van der Waals surface area contributed by atoms with E-state index in [-0.39, 0.29) is 18.4 Å². The second-order valence-corrected chi connectivity index (χ2v) is 8.68. The van der Waals surface area contributed by atoms with Gasteiger partial charge in [-0.1, -0.05) is 31.9 Å². The van der Waals surface area contributed by atoms with Crippen molar-refractivity contribution in [2.75, 3.05) is 14.2 Å². The van der Waals surface area contributed by atoms with Gasteiger partial charge in [0, 0.05) is 20.1 Å². The molecule has 2 rings (SSSR count). The highest BCUT2D eigenvalue weighted by molar-refractivity contribution is 9.11. The van der Waals surface area contributed by atoms with Crippen LogP contribution in [-0.2, 0) is 0 Å². The Labute approximate surface area is 208 Å². The van der Waals surface area contributed by atoms with Crippen molar-refractivity contribution in [3.63, 3.8) is 0 Å². The second-order valence-electron chi connectivity index (χ2n) is 5.14. The van der Waals surface area contributed by atoms with Crippen LogP contribution in [0.25, 0.3) is 0 Å². The van der Waals surface area contributed by atoms with Crippen LogP contribution in [-0.4, -0.2) is 32.6 Å². The van der Waals surface area contributed by atoms with E-state index < -0.39 is 0 Å². The molecule has 0 spiro atoms. The molecule has 29 heavy (non-hydrogen) atoms. The lowest BCUT2D eigenvalue weighted by Crippen LogP contribution is -2.29. The maximum absolute atomic E-state index is 7.84. The first kappa shape index (κ1) is 25.9. The van der Waals surface area contributed by atoms with Crippen LogP contribution in [0.1, 0.15) is 11.1 Å². The van der Waals surface area contributed by atoms with Crippen LogP contribution in [0.15, 0.2) is 52.4 Å². The molecule has 0 amide bonds. The van der Waals surface area contributed by atoms with Crippen molar-refractivity contribution in [2.45, 2.75) is 0 Å². The molecule has 0 radical (unpaired) electrons. The predicted molar refractivity (Wildman–Crippen MR) is 133 cm³/mol. The summed E-state index contributed by atoms with van der Waals surface area (Å²) in [5.74, 6) is 1.17. The Hall–Kier alpha value is -1.14. The number of halogens is 5. The fourth-order valence-corrected chi connectivity index (χ4v) is 4.98. The molecule has 0 aliphatic heterocycles. The van der Waals surface area contributed by atoms with Crippen molar-refractivity contribution in [1.82, 2.24) is 10.9 Å². The molecule has 0 bridgehead atoms. The van der Waals surface area contributed by atoms with E-state index >= 15 is 0 Å². The van der Waals surface area contributed by atoms with Gasteiger partial charge in [0.25, 0.3) is 0 Å². The first-order valence-corrected chi connectivity index (χ1v) is 10.8. The smallest absolute Gasteiger partial charge is 0.230 e. The van der Waals surface area contributed by atoms with E-state index in [9.17, 15) is 0 Å². The number of benzene rings is 2. The van der Waals surface area contributed by atoms with Gasteiger partial charge in [0.2, 0.25) is 5.96 Å². The highest BCUT2D eigenvalue weighted by Gasteiger charge is 2.08. The summed E-state index contributed by atoms with van der Waals surface area (Å²) in [6.45, 7) is 0. The van der Waals surface area contributed by atoms with E-state index in [0.717, 1.165) is 29.0 Å². The summed E-state index contributed by atoms with van der Waals surface area (Å²) >= 11 is 13.7. The maximum Gasteiger partial charge on any atom is 0.230 e. The van der Waals surface area contributed by atoms with Crippen LogP contribution in [0.5, 0.6) is 11.5 Å². The first-order valence-electron chi connectivity index (χ1n) is 7.58. The molecule has 0 saturated heterocycles. The molecule has 156 valence electrons. The first-order chi connectivity index (χ1) is 13.3. The van der Waals surface area contributed by atoms with Crippen LogP contribution in [0.2, 0.25) is 0 Å². The Balaban J connectivity index is 0.00000420. The molecule has 12 heteroatoms. The zero-order valence-corrected chi connectivity index (χ0v) is 22.3. The molecule has 0 aliphatic rings. The van der Waals surface area contributed by atoms with Gasteiger partial charge in [0.1, 0.15) is 11.5 Å². The minimum Gasteiger partial charge on any atom is -0.495 e. The van der Waals surface area contributed by atoms with E-state index in [1.807, 2.05) is 24.3 Å². The van der Waals surface area contributed by atoms with Gasteiger partial charge in [-0.05, 0) is 56.1 Å². The van der Waals surface area contributed by atoms with E-state index in [0.29, 0.717) is 11.5 Å². The summed E-state index contributed by atoms with van der Waals surface area (Å²) < 4.78 is 14.0. The third-order valence-corrected chi connectivity index (χ3v) is 5.34. The molecule has 0 saturated carbocycles. The molecule has 2 aromatic carbocycles. The Morgan fingerprint density at radius 3 is 1.55 bits per heavy atom. The molecular weight excluding hydrogens is 661 g/mol. The Kier molecular flexibility index (Phi) is 11.2. The summed E-state index contributed by atoms with van der Waals surface area (Å²) in [4.78, 5) is 0. The molecule has 0 heterocycles. The summed E-state index contributed by atoms with van der Waals surface area (Å²) in [5, 5.41) is 15.9. The third kappa shape index (κ3) is 7.56. The Morgan fingerprint density at radius 2 is 1.21 bits per heavy atom. The Morgan fingerprint density at radius 1 is 0.828 bits per heavy atom. The maximum atomic E-state index is 7.84. The summed E-state index contributed by atoms with van der Waals surface area (Å²) in [7, 11) is 3.15. The lowest BCUT2D eigenvalue weighted by molar-refractivity contribution is 0.411. The normalized spacial score (nSPS) is 10.7. The van der Waals surface area contributed by atoms with Gasteiger partial charge >= 0.3 is 0 Å². The van der Waals surface area contributed by atoms with Crippen molar-refractivity contribution in [1.29, 1.82) is 5.41 Å². The van der Waals surface area contributed by atoms with Crippen LogP contribution >= 0.6 is 76.1 Å². The monoisotopic (exact) mass is 673 g/mol. The number of methoxy groups -OCH3 is 2. The van der Waals surface area contributed by atoms with Gasteiger partial charge in [0.05, 0.1) is 35.6 Å². The number of hydrogen-bond acceptors (Lipinski definition) is 5. The standard InChI is InChI=1S/C17H15Br4N5O2.ClH/c1-27-15-9(3-11(18)5-13(15)20)7-23-25-17(22)26-24-8-10-4-12(19)6-14(21)16(10)28-2;/h3-8H,1-2H3,(H3,22,25,26);1H. The van der Waals surface area contributed by atoms with Crippen molar-refractivity contribution < 1.29 is 9.47 Å². The Bertz CT molecular complexity index is 867. The second kappa shape index (κ2) is 12.5. The fraction of sp³-hybridized carbons (Fsp3) is 0.118. The van der Waals surface area contributed by atoms with Gasteiger partial charge in [-0.2, -0.15) is 10.2 Å². The summed E-state index contributed by atoms with van der Waals surface area (Å²) in [6.07, 6.45) is 3.09. The quantitative estimate of drug-likeness (QED) is 0.209. The van der Waals surface area contributed by atoms with Crippen LogP contribution in [0.4, 0.5) is 0 Å². The summed E-state index contributed by atoms with van der Waals surface area (Å²) in [6, 6.07) is 7.44. The molecular formula is C17H16Br4ClN5O2. The number of rotatable bonds is 6. The molecule has 0 atom stereocenters. The van der Waals surface area contributed by atoms with Gasteiger partial charge < -0.3 is 9.47 Å². The number of hydrazone groups is 2. The molecule has 2 aromatic rings. The average molecular weight is 677 g/mol. The van der Waals surface area contributed by atoms with Crippen molar-refractivity contribution in [3.8, 4) is 11.5 Å². The molecule has 0 fully saturated rings. The molecule has 3 N–H and O–H groups in total. The van der Waals surface area contributed by atoms with Gasteiger partial charge in [0.15, 0.2) is 0 Å². The number of ether oxygens (including phenoxy) is 2. The minimum absolute atomic E-state index is 0. The zero-order valence-electron chi connectivity index (χ0n) is 15.1. The van der Waals surface area contributed by atoms with Crippen LogP contribution in [0.3, 0.4) is 0 Å². The van der Waals surface area contributed by atoms with Crippen LogP contribution in [0, 0.1) is 5.41 Å². The zero-order chi connectivity index (χ0) is 20.7. The topological polar surface area (TPSA) is 91.1 Å².